The van der Waals surface area contributed by atoms with Crippen molar-refractivity contribution < 1.29 is 14.3 Å². The quantitative estimate of drug-likeness (QED) is 0.893. The van der Waals surface area contributed by atoms with E-state index in [4.69, 9.17) is 4.74 Å². The first-order chi connectivity index (χ1) is 8.15. The number of rotatable bonds is 2. The molecule has 0 spiro atoms. The first-order valence-corrected chi connectivity index (χ1v) is 5.52. The van der Waals surface area contributed by atoms with Crippen LogP contribution in [0.4, 0.5) is 10.7 Å². The minimum Gasteiger partial charge on any atom is -0.494 e. The number of aromatic nitrogens is 2. The van der Waals surface area contributed by atoms with Crippen LogP contribution in [0.25, 0.3) is 11.0 Å². The number of H-pyrrole nitrogens is 1. The van der Waals surface area contributed by atoms with Gasteiger partial charge in [-0.15, -0.1) is 0 Å². The van der Waals surface area contributed by atoms with Gasteiger partial charge in [0.25, 0.3) is 0 Å². The number of halogens is 1. The SMILES string of the molecule is COC(=O)Nc1nc2c(Br)ccc(OC)c2[nH]1. The fraction of sp³-hybridized carbons (Fsp3) is 0.200. The molecule has 0 aliphatic carbocycles. The lowest BCUT2D eigenvalue weighted by molar-refractivity contribution is 0.186. The number of benzene rings is 1. The lowest BCUT2D eigenvalue weighted by atomic mass is 10.3. The van der Waals surface area contributed by atoms with Gasteiger partial charge in [-0.3, -0.25) is 5.32 Å². The molecule has 0 saturated carbocycles. The van der Waals surface area contributed by atoms with Gasteiger partial charge in [0.15, 0.2) is 0 Å². The number of fused-ring (bicyclic) bond motifs is 1. The van der Waals surface area contributed by atoms with E-state index >= 15 is 0 Å². The van der Waals surface area contributed by atoms with Gasteiger partial charge in [-0.2, -0.15) is 0 Å². The summed E-state index contributed by atoms with van der Waals surface area (Å²) in [5, 5.41) is 2.46. The Morgan fingerprint density at radius 2 is 2.24 bits per heavy atom. The Kier molecular flexibility index (Phi) is 3.19. The topological polar surface area (TPSA) is 76.2 Å². The fourth-order valence-electron chi connectivity index (χ4n) is 1.41. The summed E-state index contributed by atoms with van der Waals surface area (Å²) in [6.07, 6.45) is -0.584. The molecule has 2 aromatic rings. The molecule has 2 N–H and O–H groups in total. The molecular weight excluding hydrogens is 290 g/mol. The van der Waals surface area contributed by atoms with Crippen LogP contribution in [-0.4, -0.2) is 30.3 Å². The molecule has 17 heavy (non-hydrogen) atoms. The van der Waals surface area contributed by atoms with Crippen molar-refractivity contribution in [2.75, 3.05) is 19.5 Å². The molecule has 2 rings (SSSR count). The summed E-state index contributed by atoms with van der Waals surface area (Å²) < 4.78 is 10.5. The second kappa shape index (κ2) is 4.62. The van der Waals surface area contributed by atoms with Gasteiger partial charge in [0.2, 0.25) is 5.95 Å². The number of ether oxygens (including phenoxy) is 2. The third-order valence-corrected chi connectivity index (χ3v) is 2.82. The van der Waals surface area contributed by atoms with E-state index in [0.29, 0.717) is 22.7 Å². The minimum atomic E-state index is -0.584. The van der Waals surface area contributed by atoms with Crippen LogP contribution >= 0.6 is 15.9 Å². The summed E-state index contributed by atoms with van der Waals surface area (Å²) >= 11 is 3.37. The molecule has 0 aliphatic heterocycles. The highest BCUT2D eigenvalue weighted by atomic mass is 79.9. The smallest absolute Gasteiger partial charge is 0.413 e. The molecule has 6 nitrogen and oxygen atoms in total. The van der Waals surface area contributed by atoms with Crippen LogP contribution in [0, 0.1) is 0 Å². The predicted octanol–water partition coefficient (Wildman–Crippen LogP) is 2.51. The normalized spacial score (nSPS) is 10.3. The van der Waals surface area contributed by atoms with Crippen LogP contribution in [0.1, 0.15) is 0 Å². The number of imidazole rings is 1. The van der Waals surface area contributed by atoms with Crippen molar-refractivity contribution in [2.45, 2.75) is 0 Å². The highest BCUT2D eigenvalue weighted by molar-refractivity contribution is 9.10. The Labute approximate surface area is 105 Å². The zero-order valence-electron chi connectivity index (χ0n) is 9.20. The van der Waals surface area contributed by atoms with E-state index in [0.717, 1.165) is 4.47 Å². The largest absolute Gasteiger partial charge is 0.494 e. The molecule has 0 bridgehead atoms. The number of amides is 1. The maximum atomic E-state index is 11.1. The van der Waals surface area contributed by atoms with Crippen LogP contribution in [0.2, 0.25) is 0 Å². The van der Waals surface area contributed by atoms with E-state index in [1.54, 1.807) is 13.2 Å². The second-order valence-corrected chi connectivity index (χ2v) is 4.03. The van der Waals surface area contributed by atoms with E-state index in [1.165, 1.54) is 7.11 Å². The molecule has 0 atom stereocenters. The summed E-state index contributed by atoms with van der Waals surface area (Å²) in [6.45, 7) is 0. The summed E-state index contributed by atoms with van der Waals surface area (Å²) in [6, 6.07) is 3.62. The van der Waals surface area contributed by atoms with Gasteiger partial charge in [-0.05, 0) is 28.1 Å². The summed E-state index contributed by atoms with van der Waals surface area (Å²) in [4.78, 5) is 18.2. The fourth-order valence-corrected chi connectivity index (χ4v) is 1.83. The number of carbonyl (C=O) groups excluding carboxylic acids is 1. The maximum absolute atomic E-state index is 11.1. The van der Waals surface area contributed by atoms with Gasteiger partial charge in [0.05, 0.1) is 14.2 Å². The van der Waals surface area contributed by atoms with E-state index in [-0.39, 0.29) is 0 Å². The number of aromatic amines is 1. The van der Waals surface area contributed by atoms with Crippen LogP contribution in [-0.2, 0) is 4.74 Å². The van der Waals surface area contributed by atoms with E-state index in [2.05, 4.69) is 36.0 Å². The van der Waals surface area contributed by atoms with Gasteiger partial charge in [-0.25, -0.2) is 9.78 Å². The second-order valence-electron chi connectivity index (χ2n) is 3.18. The van der Waals surface area contributed by atoms with Gasteiger partial charge >= 0.3 is 6.09 Å². The van der Waals surface area contributed by atoms with Crippen molar-refractivity contribution in [1.29, 1.82) is 0 Å². The molecule has 0 fully saturated rings. The molecule has 90 valence electrons. The number of hydrogen-bond donors (Lipinski definition) is 2. The van der Waals surface area contributed by atoms with Gasteiger partial charge < -0.3 is 14.5 Å². The van der Waals surface area contributed by atoms with Crippen LogP contribution in [0.5, 0.6) is 5.75 Å². The van der Waals surface area contributed by atoms with Crippen molar-refractivity contribution in [3.63, 3.8) is 0 Å². The number of methoxy groups -OCH3 is 2. The lowest BCUT2D eigenvalue weighted by Gasteiger charge is -2.00. The molecule has 0 unspecified atom stereocenters. The average molecular weight is 300 g/mol. The van der Waals surface area contributed by atoms with Crippen LogP contribution < -0.4 is 10.1 Å². The van der Waals surface area contributed by atoms with Crippen molar-refractivity contribution in [3.05, 3.63) is 16.6 Å². The van der Waals surface area contributed by atoms with Crippen molar-refractivity contribution in [2.24, 2.45) is 0 Å². The Morgan fingerprint density at radius 3 is 2.88 bits per heavy atom. The first-order valence-electron chi connectivity index (χ1n) is 4.73. The lowest BCUT2D eigenvalue weighted by Crippen LogP contribution is -2.11. The van der Waals surface area contributed by atoms with Crippen molar-refractivity contribution in [3.8, 4) is 5.75 Å². The zero-order chi connectivity index (χ0) is 12.4. The number of carbonyl (C=O) groups is 1. The Bertz CT molecular complexity index is 567. The monoisotopic (exact) mass is 299 g/mol. The zero-order valence-corrected chi connectivity index (χ0v) is 10.8. The van der Waals surface area contributed by atoms with Gasteiger partial charge in [0, 0.05) is 4.47 Å². The van der Waals surface area contributed by atoms with E-state index in [1.807, 2.05) is 6.07 Å². The molecular formula is C10H10BrN3O3. The number of anilines is 1. The summed E-state index contributed by atoms with van der Waals surface area (Å²) in [5.41, 5.74) is 1.38. The maximum Gasteiger partial charge on any atom is 0.413 e. The minimum absolute atomic E-state index is 0.303. The molecule has 0 saturated heterocycles. The third-order valence-electron chi connectivity index (χ3n) is 2.18. The predicted molar refractivity (Wildman–Crippen MR) is 66.4 cm³/mol. The van der Waals surface area contributed by atoms with E-state index < -0.39 is 6.09 Å². The van der Waals surface area contributed by atoms with E-state index in [9.17, 15) is 4.79 Å². The van der Waals surface area contributed by atoms with Crippen molar-refractivity contribution in [1.82, 2.24) is 9.97 Å². The number of hydrogen-bond acceptors (Lipinski definition) is 4. The molecule has 1 aromatic carbocycles. The molecule has 1 aromatic heterocycles. The van der Waals surface area contributed by atoms with Crippen molar-refractivity contribution >= 4 is 39.0 Å². The standard InChI is InChI=1S/C10H10BrN3O3/c1-16-6-4-3-5(11)7-8(6)13-9(12-7)14-10(15)17-2/h3-4H,1-2H3,(H2,12,13,14,15). The Morgan fingerprint density at radius 1 is 1.47 bits per heavy atom. The summed E-state index contributed by atoms with van der Waals surface area (Å²) in [7, 11) is 2.85. The average Bonchev–Trinajstić information content (AvgIpc) is 2.74. The number of nitrogens with zero attached hydrogens (tertiary/aromatic N) is 1. The van der Waals surface area contributed by atoms with Gasteiger partial charge in [0.1, 0.15) is 16.8 Å². The highest BCUT2D eigenvalue weighted by Gasteiger charge is 2.12. The molecule has 1 amide bonds. The summed E-state index contributed by atoms with van der Waals surface area (Å²) in [5.74, 6) is 0.950. The molecule has 0 radical (unpaired) electrons. The third kappa shape index (κ3) is 2.19. The first kappa shape index (κ1) is 11.7. The van der Waals surface area contributed by atoms with Gasteiger partial charge in [-0.1, -0.05) is 0 Å². The Hall–Kier alpha value is -1.76. The number of nitrogens with one attached hydrogen (secondary N) is 2. The molecule has 7 heteroatoms. The highest BCUT2D eigenvalue weighted by Crippen LogP contribution is 2.30. The molecule has 1 heterocycles. The van der Waals surface area contributed by atoms with Crippen LogP contribution in [0.15, 0.2) is 16.6 Å². The Balaban J connectivity index is 2.48. The van der Waals surface area contributed by atoms with Crippen LogP contribution in [0.3, 0.4) is 0 Å². The molecule has 0 aliphatic rings.